The summed E-state index contributed by atoms with van der Waals surface area (Å²) >= 11 is 0. The molecule has 0 amide bonds. The van der Waals surface area contributed by atoms with Gasteiger partial charge in [-0.15, -0.1) is 0 Å². The maximum Gasteiger partial charge on any atom is 0.153 e. The van der Waals surface area contributed by atoms with Crippen molar-refractivity contribution in [3.63, 3.8) is 0 Å². The first kappa shape index (κ1) is 15.0. The summed E-state index contributed by atoms with van der Waals surface area (Å²) in [6, 6.07) is 11.7. The smallest absolute Gasteiger partial charge is 0.153 e. The molecule has 3 nitrogen and oxygen atoms in total. The van der Waals surface area contributed by atoms with Gasteiger partial charge in [0.15, 0.2) is 5.54 Å². The van der Waals surface area contributed by atoms with Crippen molar-refractivity contribution in [2.75, 3.05) is 6.61 Å². The molecule has 0 bridgehead atoms. The molecule has 108 valence electrons. The van der Waals surface area contributed by atoms with E-state index in [9.17, 15) is 5.26 Å². The van der Waals surface area contributed by atoms with Crippen LogP contribution in [0.3, 0.4) is 0 Å². The third-order valence-corrected chi connectivity index (χ3v) is 4.35. The first-order chi connectivity index (χ1) is 9.68. The van der Waals surface area contributed by atoms with E-state index in [1.165, 1.54) is 19.3 Å². The molecule has 0 aromatic heterocycles. The van der Waals surface area contributed by atoms with Crippen molar-refractivity contribution in [1.29, 1.82) is 5.26 Å². The predicted molar refractivity (Wildman–Crippen MR) is 79.9 cm³/mol. The fourth-order valence-electron chi connectivity index (χ4n) is 2.93. The Bertz CT molecular complexity index is 454. The maximum atomic E-state index is 9.41. The Morgan fingerprint density at radius 2 is 2.10 bits per heavy atom. The normalized spacial score (nSPS) is 25.6. The number of nitriles is 1. The molecule has 1 aliphatic carbocycles. The van der Waals surface area contributed by atoms with Crippen LogP contribution >= 0.6 is 0 Å². The number of benzene rings is 1. The zero-order valence-corrected chi connectivity index (χ0v) is 12.2. The molecular weight excluding hydrogens is 248 g/mol. The molecule has 1 saturated carbocycles. The Morgan fingerprint density at radius 1 is 1.35 bits per heavy atom. The summed E-state index contributed by atoms with van der Waals surface area (Å²) in [5.41, 5.74) is 6.00. The Kier molecular flexibility index (Phi) is 5.17. The van der Waals surface area contributed by atoms with E-state index in [0.29, 0.717) is 0 Å². The van der Waals surface area contributed by atoms with E-state index < -0.39 is 5.54 Å². The first-order valence-corrected chi connectivity index (χ1v) is 7.55. The zero-order chi connectivity index (χ0) is 14.4. The Morgan fingerprint density at radius 3 is 2.75 bits per heavy atom. The number of hydrogen-bond donors (Lipinski definition) is 1. The van der Waals surface area contributed by atoms with Crippen molar-refractivity contribution in [2.24, 2.45) is 11.7 Å². The molecule has 3 unspecified atom stereocenters. The summed E-state index contributed by atoms with van der Waals surface area (Å²) in [7, 11) is 0. The Labute approximate surface area is 121 Å². The van der Waals surface area contributed by atoms with E-state index in [0.717, 1.165) is 24.3 Å². The van der Waals surface area contributed by atoms with Gasteiger partial charge in [0.25, 0.3) is 0 Å². The summed E-state index contributed by atoms with van der Waals surface area (Å²) in [6.45, 7) is 2.51. The van der Waals surface area contributed by atoms with Crippen molar-refractivity contribution < 1.29 is 4.74 Å². The van der Waals surface area contributed by atoms with Crippen LogP contribution in [-0.2, 0) is 10.3 Å². The number of nitrogens with two attached hydrogens (primary N) is 1. The quantitative estimate of drug-likeness (QED) is 0.894. The van der Waals surface area contributed by atoms with Gasteiger partial charge in [-0.3, -0.25) is 0 Å². The van der Waals surface area contributed by atoms with Crippen LogP contribution in [0.2, 0.25) is 0 Å². The highest BCUT2D eigenvalue weighted by atomic mass is 16.5. The van der Waals surface area contributed by atoms with Crippen molar-refractivity contribution in [3.8, 4) is 6.07 Å². The molecule has 0 aliphatic heterocycles. The lowest BCUT2D eigenvalue weighted by Crippen LogP contribution is -2.41. The lowest BCUT2D eigenvalue weighted by molar-refractivity contribution is -0.00436. The summed E-state index contributed by atoms with van der Waals surface area (Å²) in [6.07, 6.45) is 6.19. The minimum atomic E-state index is -1.04. The Balaban J connectivity index is 1.96. The molecule has 20 heavy (non-hydrogen) atoms. The average Bonchev–Trinajstić information content (AvgIpc) is 2.53. The van der Waals surface area contributed by atoms with Crippen molar-refractivity contribution in [3.05, 3.63) is 35.9 Å². The predicted octanol–water partition coefficient (Wildman–Crippen LogP) is 3.35. The van der Waals surface area contributed by atoms with Crippen LogP contribution in [0.15, 0.2) is 30.3 Å². The highest BCUT2D eigenvalue weighted by molar-refractivity contribution is 5.30. The van der Waals surface area contributed by atoms with Gasteiger partial charge in [0, 0.05) is 0 Å². The van der Waals surface area contributed by atoms with E-state index in [2.05, 4.69) is 13.0 Å². The molecule has 3 heteroatoms. The van der Waals surface area contributed by atoms with Gasteiger partial charge in [0.2, 0.25) is 0 Å². The minimum Gasteiger partial charge on any atom is -0.375 e. The molecule has 2 rings (SSSR count). The molecule has 0 heterocycles. The molecule has 2 N–H and O–H groups in total. The van der Waals surface area contributed by atoms with Crippen molar-refractivity contribution >= 4 is 0 Å². The summed E-state index contributed by atoms with van der Waals surface area (Å²) < 4.78 is 5.98. The minimum absolute atomic E-state index is 0.258. The van der Waals surface area contributed by atoms with Crippen LogP contribution in [0.1, 0.15) is 44.6 Å². The second-order valence-electron chi connectivity index (χ2n) is 5.82. The van der Waals surface area contributed by atoms with Gasteiger partial charge < -0.3 is 10.5 Å². The number of rotatable bonds is 5. The van der Waals surface area contributed by atoms with Gasteiger partial charge in [-0.25, -0.2) is 0 Å². The first-order valence-electron chi connectivity index (χ1n) is 7.55. The zero-order valence-electron chi connectivity index (χ0n) is 12.2. The summed E-state index contributed by atoms with van der Waals surface area (Å²) in [5, 5.41) is 9.41. The molecule has 0 saturated heterocycles. The molecule has 1 aliphatic rings. The van der Waals surface area contributed by atoms with Crippen LogP contribution < -0.4 is 5.73 Å². The molecule has 1 fully saturated rings. The third-order valence-electron chi connectivity index (χ3n) is 4.35. The number of hydrogen-bond acceptors (Lipinski definition) is 3. The molecular formula is C17H24N2O. The van der Waals surface area contributed by atoms with Crippen LogP contribution in [0.4, 0.5) is 0 Å². The van der Waals surface area contributed by atoms with Gasteiger partial charge in [-0.2, -0.15) is 5.26 Å². The van der Waals surface area contributed by atoms with Gasteiger partial charge in [-0.05, 0) is 24.3 Å². The van der Waals surface area contributed by atoms with Crippen molar-refractivity contribution in [1.82, 2.24) is 0 Å². The monoisotopic (exact) mass is 272 g/mol. The van der Waals surface area contributed by atoms with Crippen LogP contribution in [0.25, 0.3) is 0 Å². The van der Waals surface area contributed by atoms with E-state index >= 15 is 0 Å². The van der Waals surface area contributed by atoms with Gasteiger partial charge in [-0.1, -0.05) is 56.5 Å². The number of ether oxygens (including phenoxy) is 1. The Hall–Kier alpha value is -1.37. The maximum absolute atomic E-state index is 9.41. The van der Waals surface area contributed by atoms with E-state index in [4.69, 9.17) is 10.5 Å². The van der Waals surface area contributed by atoms with Gasteiger partial charge in [0.1, 0.15) is 0 Å². The fraction of sp³-hybridized carbons (Fsp3) is 0.588. The SMILES string of the molecule is CCC1CCCC(OCC(N)(C#N)c2ccccc2)C1. The number of nitrogens with zero attached hydrogens (tertiary/aromatic N) is 1. The largest absolute Gasteiger partial charge is 0.375 e. The highest BCUT2D eigenvalue weighted by Gasteiger charge is 2.30. The summed E-state index contributed by atoms with van der Waals surface area (Å²) in [5.74, 6) is 0.764. The molecule has 1 aromatic carbocycles. The van der Waals surface area contributed by atoms with Crippen molar-refractivity contribution in [2.45, 2.75) is 50.7 Å². The topological polar surface area (TPSA) is 59.0 Å². The van der Waals surface area contributed by atoms with Crippen LogP contribution in [-0.4, -0.2) is 12.7 Å². The van der Waals surface area contributed by atoms with E-state index in [1.54, 1.807) is 0 Å². The fourth-order valence-corrected chi connectivity index (χ4v) is 2.93. The molecule has 0 spiro atoms. The molecule has 1 aromatic rings. The second kappa shape index (κ2) is 6.88. The standard InChI is InChI=1S/C17H24N2O/c1-2-14-7-6-10-16(11-14)20-13-17(19,12-18)15-8-4-3-5-9-15/h3-5,8-9,14,16H,2,6-7,10-11,13,19H2,1H3. The van der Waals surface area contributed by atoms with E-state index in [-0.39, 0.29) is 12.7 Å². The molecule has 0 radical (unpaired) electrons. The van der Waals surface area contributed by atoms with Crippen LogP contribution in [0, 0.1) is 17.2 Å². The van der Waals surface area contributed by atoms with Gasteiger partial charge >= 0.3 is 0 Å². The third kappa shape index (κ3) is 3.59. The summed E-state index contributed by atoms with van der Waals surface area (Å²) in [4.78, 5) is 0. The van der Waals surface area contributed by atoms with Gasteiger partial charge in [0.05, 0.1) is 18.8 Å². The average molecular weight is 272 g/mol. The van der Waals surface area contributed by atoms with E-state index in [1.807, 2.05) is 30.3 Å². The second-order valence-corrected chi connectivity index (χ2v) is 5.82. The molecule has 3 atom stereocenters. The lowest BCUT2D eigenvalue weighted by atomic mass is 9.85. The van der Waals surface area contributed by atoms with Crippen LogP contribution in [0.5, 0.6) is 0 Å². The highest BCUT2D eigenvalue weighted by Crippen LogP contribution is 2.29. The lowest BCUT2D eigenvalue weighted by Gasteiger charge is -2.31.